The fourth-order valence-electron chi connectivity index (χ4n) is 1.15. The van der Waals surface area contributed by atoms with Gasteiger partial charge in [0.05, 0.1) is 4.90 Å². The zero-order valence-electron chi connectivity index (χ0n) is 9.39. The van der Waals surface area contributed by atoms with Gasteiger partial charge in [0.15, 0.2) is 0 Å². The predicted octanol–water partition coefficient (Wildman–Crippen LogP) is 1.68. The topological polar surface area (TPSA) is 95.5 Å². The van der Waals surface area contributed by atoms with Crippen molar-refractivity contribution in [2.75, 3.05) is 17.7 Å². The molecule has 0 heterocycles. The molecule has 6 nitrogen and oxygen atoms in total. The van der Waals surface area contributed by atoms with Crippen molar-refractivity contribution in [3.63, 3.8) is 0 Å². The minimum Gasteiger partial charge on any atom is -0.338 e. The number of rotatable bonds is 5. The van der Waals surface area contributed by atoms with Gasteiger partial charge in [-0.05, 0) is 30.7 Å². The second-order valence-electron chi connectivity index (χ2n) is 3.42. The third-order valence-corrected chi connectivity index (χ3v) is 3.14. The summed E-state index contributed by atoms with van der Waals surface area (Å²) in [4.78, 5) is 11.1. The van der Waals surface area contributed by atoms with Gasteiger partial charge in [0.2, 0.25) is 0 Å². The molecule has 0 saturated heterocycles. The Kier molecular flexibility index (Phi) is 5.39. The van der Waals surface area contributed by atoms with Gasteiger partial charge in [-0.15, -0.1) is 11.6 Å². The van der Waals surface area contributed by atoms with Crippen LogP contribution in [0, 0.1) is 0 Å². The van der Waals surface area contributed by atoms with E-state index in [1.54, 1.807) is 0 Å². The van der Waals surface area contributed by atoms with Crippen molar-refractivity contribution < 1.29 is 17.8 Å². The van der Waals surface area contributed by atoms with Crippen molar-refractivity contribution in [1.82, 2.24) is 5.32 Å². The first-order valence-electron chi connectivity index (χ1n) is 5.12. The van der Waals surface area contributed by atoms with Crippen LogP contribution in [0.25, 0.3) is 0 Å². The van der Waals surface area contributed by atoms with Crippen molar-refractivity contribution in [2.45, 2.75) is 11.3 Å². The van der Waals surface area contributed by atoms with E-state index in [4.69, 9.17) is 16.2 Å². The predicted molar refractivity (Wildman–Crippen MR) is 68.6 cm³/mol. The van der Waals surface area contributed by atoms with E-state index in [2.05, 4.69) is 10.6 Å². The lowest BCUT2D eigenvalue weighted by atomic mass is 10.3. The number of amides is 2. The molecular formula is C10H13ClN2O4S. The largest absolute Gasteiger partial charge is 0.338 e. The maximum atomic E-state index is 11.3. The summed E-state index contributed by atoms with van der Waals surface area (Å²) in [5.41, 5.74) is 0.422. The van der Waals surface area contributed by atoms with E-state index in [-0.39, 0.29) is 4.90 Å². The summed E-state index contributed by atoms with van der Waals surface area (Å²) in [6, 6.07) is 4.75. The second kappa shape index (κ2) is 6.58. The van der Waals surface area contributed by atoms with Crippen molar-refractivity contribution in [3.05, 3.63) is 24.3 Å². The Bertz CT molecular complexity index is 501. The molecular weight excluding hydrogens is 280 g/mol. The van der Waals surface area contributed by atoms with Gasteiger partial charge >= 0.3 is 6.03 Å². The number of hydrogen-bond donors (Lipinski definition) is 3. The van der Waals surface area contributed by atoms with E-state index in [0.29, 0.717) is 24.5 Å². The smallest absolute Gasteiger partial charge is 0.319 e. The highest BCUT2D eigenvalue weighted by Gasteiger charge is 2.09. The molecule has 3 N–H and O–H groups in total. The van der Waals surface area contributed by atoms with Gasteiger partial charge < -0.3 is 10.6 Å². The molecule has 0 bridgehead atoms. The van der Waals surface area contributed by atoms with Crippen LogP contribution in [0.15, 0.2) is 29.2 Å². The number of halogens is 1. The number of alkyl halides is 1. The van der Waals surface area contributed by atoms with Gasteiger partial charge in [0, 0.05) is 18.1 Å². The lowest BCUT2D eigenvalue weighted by Gasteiger charge is -2.07. The first-order valence-corrected chi connectivity index (χ1v) is 7.09. The average molecular weight is 293 g/mol. The Balaban J connectivity index is 2.56. The first kappa shape index (κ1) is 14.7. The van der Waals surface area contributed by atoms with Crippen LogP contribution in [0.5, 0.6) is 0 Å². The van der Waals surface area contributed by atoms with Crippen LogP contribution < -0.4 is 10.6 Å². The molecule has 0 aromatic heterocycles. The normalized spacial score (nSPS) is 11.0. The van der Waals surface area contributed by atoms with Crippen LogP contribution in [0.1, 0.15) is 6.42 Å². The lowest BCUT2D eigenvalue weighted by Crippen LogP contribution is -2.29. The molecule has 0 fully saturated rings. The van der Waals surface area contributed by atoms with Gasteiger partial charge in [-0.2, -0.15) is 8.42 Å². The molecule has 0 saturated carbocycles. The van der Waals surface area contributed by atoms with E-state index < -0.39 is 16.1 Å². The minimum atomic E-state index is -4.21. The fourth-order valence-corrected chi connectivity index (χ4v) is 1.77. The highest BCUT2D eigenvalue weighted by atomic mass is 35.5. The van der Waals surface area contributed by atoms with Crippen LogP contribution >= 0.6 is 11.6 Å². The Morgan fingerprint density at radius 2 is 1.89 bits per heavy atom. The van der Waals surface area contributed by atoms with Crippen molar-refractivity contribution >= 4 is 33.4 Å². The third-order valence-electron chi connectivity index (χ3n) is 2.01. The van der Waals surface area contributed by atoms with Crippen LogP contribution in [-0.2, 0) is 10.1 Å². The summed E-state index contributed by atoms with van der Waals surface area (Å²) in [7, 11) is -4.21. The summed E-state index contributed by atoms with van der Waals surface area (Å²) < 4.78 is 30.3. The number of nitrogens with one attached hydrogen (secondary N) is 2. The molecule has 0 atom stereocenters. The monoisotopic (exact) mass is 292 g/mol. The summed E-state index contributed by atoms with van der Waals surface area (Å²) >= 11 is 5.45. The van der Waals surface area contributed by atoms with Crippen molar-refractivity contribution in [2.24, 2.45) is 0 Å². The SMILES string of the molecule is O=C(NCCCCl)Nc1ccc(S(=O)(=O)O)cc1. The maximum Gasteiger partial charge on any atom is 0.319 e. The Morgan fingerprint density at radius 1 is 1.28 bits per heavy atom. The summed E-state index contributed by atoms with van der Waals surface area (Å²) in [5.74, 6) is 0.462. The molecule has 1 aromatic rings. The van der Waals surface area contributed by atoms with Crippen molar-refractivity contribution in [1.29, 1.82) is 0 Å². The van der Waals surface area contributed by atoms with Gasteiger partial charge in [-0.25, -0.2) is 4.79 Å². The van der Waals surface area contributed by atoms with E-state index in [0.717, 1.165) is 0 Å². The molecule has 0 radical (unpaired) electrons. The summed E-state index contributed by atoms with van der Waals surface area (Å²) in [5, 5.41) is 5.08. The van der Waals surface area contributed by atoms with Gasteiger partial charge in [-0.3, -0.25) is 4.55 Å². The quantitative estimate of drug-likeness (QED) is 0.437. The zero-order valence-corrected chi connectivity index (χ0v) is 11.0. The highest BCUT2D eigenvalue weighted by Crippen LogP contribution is 2.13. The van der Waals surface area contributed by atoms with Crippen LogP contribution in [-0.4, -0.2) is 31.4 Å². The van der Waals surface area contributed by atoms with Crippen LogP contribution in [0.3, 0.4) is 0 Å². The minimum absolute atomic E-state index is 0.226. The molecule has 18 heavy (non-hydrogen) atoms. The zero-order chi connectivity index (χ0) is 13.6. The number of hydrogen-bond acceptors (Lipinski definition) is 3. The second-order valence-corrected chi connectivity index (χ2v) is 5.22. The van der Waals surface area contributed by atoms with E-state index in [1.165, 1.54) is 24.3 Å². The molecule has 0 unspecified atom stereocenters. The number of carbonyl (C=O) groups excluding carboxylic acids is 1. The molecule has 0 aliphatic carbocycles. The number of urea groups is 1. The lowest BCUT2D eigenvalue weighted by molar-refractivity contribution is 0.252. The molecule has 8 heteroatoms. The molecule has 100 valence electrons. The Morgan fingerprint density at radius 3 is 2.39 bits per heavy atom. The maximum absolute atomic E-state index is 11.3. The summed E-state index contributed by atoms with van der Waals surface area (Å²) in [6.45, 7) is 0.457. The fraction of sp³-hybridized carbons (Fsp3) is 0.300. The molecule has 0 aliphatic rings. The molecule has 1 rings (SSSR count). The summed E-state index contributed by atoms with van der Waals surface area (Å²) in [6.07, 6.45) is 0.663. The van der Waals surface area contributed by atoms with E-state index >= 15 is 0 Å². The average Bonchev–Trinajstić information content (AvgIpc) is 2.29. The molecule has 0 spiro atoms. The standard InChI is InChI=1S/C10H13ClN2O4S/c11-6-1-7-12-10(14)13-8-2-4-9(5-3-8)18(15,16)17/h2-5H,1,6-7H2,(H2,12,13,14)(H,15,16,17). The van der Waals surface area contributed by atoms with Gasteiger partial charge in [0.25, 0.3) is 10.1 Å². The number of benzene rings is 1. The molecule has 2 amide bonds. The van der Waals surface area contributed by atoms with Gasteiger partial charge in [0.1, 0.15) is 0 Å². The van der Waals surface area contributed by atoms with E-state index in [9.17, 15) is 13.2 Å². The van der Waals surface area contributed by atoms with Crippen molar-refractivity contribution in [3.8, 4) is 0 Å². The van der Waals surface area contributed by atoms with Gasteiger partial charge in [-0.1, -0.05) is 0 Å². The Hall–Kier alpha value is -1.31. The van der Waals surface area contributed by atoms with E-state index in [1.807, 2.05) is 0 Å². The van der Waals surface area contributed by atoms with Crippen LogP contribution in [0.2, 0.25) is 0 Å². The van der Waals surface area contributed by atoms with Crippen LogP contribution in [0.4, 0.5) is 10.5 Å². The number of anilines is 1. The molecule has 1 aromatic carbocycles. The Labute approximate surface area is 110 Å². The third kappa shape index (κ3) is 4.91. The highest BCUT2D eigenvalue weighted by molar-refractivity contribution is 7.85. The number of carbonyl (C=O) groups is 1. The first-order chi connectivity index (χ1) is 8.43. The molecule has 0 aliphatic heterocycles.